The summed E-state index contributed by atoms with van der Waals surface area (Å²) >= 11 is 0. The molecule has 3 aromatic rings. The zero-order chi connectivity index (χ0) is 13.1. The summed E-state index contributed by atoms with van der Waals surface area (Å²) in [7, 11) is 0. The van der Waals surface area contributed by atoms with Gasteiger partial charge in [-0.25, -0.2) is 4.98 Å². The van der Waals surface area contributed by atoms with E-state index in [1.807, 2.05) is 36.5 Å². The fourth-order valence-electron chi connectivity index (χ4n) is 1.93. The summed E-state index contributed by atoms with van der Waals surface area (Å²) in [5.74, 6) is 0.787. The first-order valence-corrected chi connectivity index (χ1v) is 6.18. The van der Waals surface area contributed by atoms with Crippen molar-refractivity contribution < 1.29 is 0 Å². The smallest absolute Gasteiger partial charge is 0.145 e. The van der Waals surface area contributed by atoms with E-state index in [0.717, 1.165) is 23.4 Å². The van der Waals surface area contributed by atoms with Crippen LogP contribution >= 0.6 is 0 Å². The average Bonchev–Trinajstić information content (AvgIpc) is 2.46. The third kappa shape index (κ3) is 2.52. The molecule has 0 aliphatic heterocycles. The molecule has 0 bridgehead atoms. The Bertz CT molecular complexity index is 709. The first-order chi connectivity index (χ1) is 9.33. The van der Waals surface area contributed by atoms with E-state index in [-0.39, 0.29) is 0 Å². The number of aromatic nitrogens is 3. The predicted octanol–water partition coefficient (Wildman–Crippen LogP) is 2.95. The molecule has 1 N–H and O–H groups in total. The fourth-order valence-corrected chi connectivity index (χ4v) is 1.93. The van der Waals surface area contributed by atoms with Crippen molar-refractivity contribution in [2.75, 3.05) is 5.32 Å². The first-order valence-electron chi connectivity index (χ1n) is 6.18. The van der Waals surface area contributed by atoms with Crippen LogP contribution in [0.25, 0.3) is 11.0 Å². The molecule has 0 saturated carbocycles. The minimum absolute atomic E-state index is 0.724. The lowest BCUT2D eigenvalue weighted by atomic mass is 10.1. The van der Waals surface area contributed by atoms with Crippen molar-refractivity contribution in [2.24, 2.45) is 0 Å². The van der Waals surface area contributed by atoms with Crippen molar-refractivity contribution in [1.82, 2.24) is 15.0 Å². The molecule has 0 unspecified atom stereocenters. The summed E-state index contributed by atoms with van der Waals surface area (Å²) in [6.45, 7) is 2.78. The summed E-state index contributed by atoms with van der Waals surface area (Å²) < 4.78 is 0. The highest BCUT2D eigenvalue weighted by atomic mass is 15.0. The average molecular weight is 250 g/mol. The van der Waals surface area contributed by atoms with E-state index < -0.39 is 0 Å². The van der Waals surface area contributed by atoms with Crippen LogP contribution in [0.2, 0.25) is 0 Å². The Balaban J connectivity index is 1.80. The van der Waals surface area contributed by atoms with Gasteiger partial charge in [0.15, 0.2) is 0 Å². The Morgan fingerprint density at radius 2 is 1.89 bits per heavy atom. The topological polar surface area (TPSA) is 50.7 Å². The Labute approximate surface area is 111 Å². The minimum atomic E-state index is 0.724. The molecule has 3 rings (SSSR count). The monoisotopic (exact) mass is 250 g/mol. The number of benzene rings is 1. The number of pyridine rings is 1. The lowest BCUT2D eigenvalue weighted by Crippen LogP contribution is -2.03. The molecular weight excluding hydrogens is 236 g/mol. The van der Waals surface area contributed by atoms with E-state index in [1.165, 1.54) is 11.1 Å². The number of aryl methyl sites for hydroxylation is 1. The molecule has 2 aromatic heterocycles. The number of hydrogen-bond acceptors (Lipinski definition) is 4. The van der Waals surface area contributed by atoms with E-state index in [0.29, 0.717) is 0 Å². The molecular formula is C15H14N4. The van der Waals surface area contributed by atoms with E-state index >= 15 is 0 Å². The number of nitrogens with zero attached hydrogens (tertiary/aromatic N) is 3. The van der Waals surface area contributed by atoms with Crippen LogP contribution in [0.5, 0.6) is 0 Å². The van der Waals surface area contributed by atoms with Crippen LogP contribution in [0.3, 0.4) is 0 Å². The van der Waals surface area contributed by atoms with Gasteiger partial charge in [-0.1, -0.05) is 12.1 Å². The lowest BCUT2D eigenvalue weighted by molar-refractivity contribution is 1.07. The molecule has 0 fully saturated rings. The van der Waals surface area contributed by atoms with Crippen molar-refractivity contribution in [3.63, 3.8) is 0 Å². The van der Waals surface area contributed by atoms with Crippen molar-refractivity contribution in [3.05, 3.63) is 60.0 Å². The zero-order valence-corrected chi connectivity index (χ0v) is 10.7. The van der Waals surface area contributed by atoms with Gasteiger partial charge in [-0.05, 0) is 36.2 Å². The SMILES string of the molecule is Cc1cnccc1CNc1cnc2ccccc2n1. The molecule has 0 atom stereocenters. The van der Waals surface area contributed by atoms with Gasteiger partial charge in [-0.15, -0.1) is 0 Å². The molecule has 4 nitrogen and oxygen atoms in total. The van der Waals surface area contributed by atoms with Crippen LogP contribution in [0.4, 0.5) is 5.82 Å². The second kappa shape index (κ2) is 5.02. The summed E-state index contributed by atoms with van der Waals surface area (Å²) in [6.07, 6.45) is 5.43. The standard InChI is InChI=1S/C15H14N4/c1-11-8-16-7-6-12(11)9-18-15-10-17-13-4-2-3-5-14(13)19-15/h2-8,10H,9H2,1H3,(H,18,19). The van der Waals surface area contributed by atoms with E-state index in [1.54, 1.807) is 12.4 Å². The number of hydrogen-bond donors (Lipinski definition) is 1. The maximum Gasteiger partial charge on any atom is 0.145 e. The highest BCUT2D eigenvalue weighted by Gasteiger charge is 2.00. The largest absolute Gasteiger partial charge is 0.365 e. The normalized spacial score (nSPS) is 10.6. The Morgan fingerprint density at radius 3 is 2.74 bits per heavy atom. The number of anilines is 1. The highest BCUT2D eigenvalue weighted by Crippen LogP contribution is 2.13. The van der Waals surface area contributed by atoms with Crippen LogP contribution in [0.1, 0.15) is 11.1 Å². The van der Waals surface area contributed by atoms with Gasteiger partial charge in [0, 0.05) is 18.9 Å². The Kier molecular flexibility index (Phi) is 3.06. The lowest BCUT2D eigenvalue weighted by Gasteiger charge is -2.08. The van der Waals surface area contributed by atoms with Crippen molar-refractivity contribution >= 4 is 16.9 Å². The second-order valence-electron chi connectivity index (χ2n) is 4.40. The van der Waals surface area contributed by atoms with E-state index in [2.05, 4.69) is 27.2 Å². The van der Waals surface area contributed by atoms with E-state index in [4.69, 9.17) is 0 Å². The van der Waals surface area contributed by atoms with Gasteiger partial charge < -0.3 is 5.32 Å². The third-order valence-corrected chi connectivity index (χ3v) is 3.04. The van der Waals surface area contributed by atoms with Gasteiger partial charge in [0.1, 0.15) is 5.82 Å². The number of rotatable bonds is 3. The van der Waals surface area contributed by atoms with Crippen LogP contribution in [0.15, 0.2) is 48.9 Å². The van der Waals surface area contributed by atoms with Gasteiger partial charge in [0.05, 0.1) is 17.2 Å². The summed E-state index contributed by atoms with van der Waals surface area (Å²) in [6, 6.07) is 9.86. The van der Waals surface area contributed by atoms with Crippen LogP contribution in [-0.4, -0.2) is 15.0 Å². The van der Waals surface area contributed by atoms with Crippen molar-refractivity contribution in [3.8, 4) is 0 Å². The summed E-state index contributed by atoms with van der Waals surface area (Å²) in [5, 5.41) is 3.29. The minimum Gasteiger partial charge on any atom is -0.365 e. The van der Waals surface area contributed by atoms with Crippen LogP contribution in [-0.2, 0) is 6.54 Å². The van der Waals surface area contributed by atoms with Gasteiger partial charge in [-0.2, -0.15) is 0 Å². The maximum absolute atomic E-state index is 4.53. The summed E-state index contributed by atoms with van der Waals surface area (Å²) in [5.41, 5.74) is 4.20. The molecule has 94 valence electrons. The van der Waals surface area contributed by atoms with Crippen LogP contribution < -0.4 is 5.32 Å². The Hall–Kier alpha value is -2.49. The number of para-hydroxylation sites is 2. The molecule has 19 heavy (non-hydrogen) atoms. The molecule has 2 heterocycles. The molecule has 0 radical (unpaired) electrons. The van der Waals surface area contributed by atoms with E-state index in [9.17, 15) is 0 Å². The first kappa shape index (κ1) is 11.6. The van der Waals surface area contributed by atoms with Gasteiger partial charge in [0.25, 0.3) is 0 Å². The quantitative estimate of drug-likeness (QED) is 0.776. The molecule has 0 aliphatic carbocycles. The molecule has 4 heteroatoms. The zero-order valence-electron chi connectivity index (χ0n) is 10.7. The Morgan fingerprint density at radius 1 is 1.05 bits per heavy atom. The van der Waals surface area contributed by atoms with Gasteiger partial charge in [-0.3, -0.25) is 9.97 Å². The van der Waals surface area contributed by atoms with Crippen LogP contribution in [0, 0.1) is 6.92 Å². The molecule has 0 aliphatic rings. The molecule has 1 aromatic carbocycles. The van der Waals surface area contributed by atoms with Crippen molar-refractivity contribution in [1.29, 1.82) is 0 Å². The second-order valence-corrected chi connectivity index (χ2v) is 4.40. The molecule has 0 spiro atoms. The number of nitrogens with one attached hydrogen (secondary N) is 1. The predicted molar refractivity (Wildman–Crippen MR) is 75.8 cm³/mol. The van der Waals surface area contributed by atoms with Gasteiger partial charge >= 0.3 is 0 Å². The maximum atomic E-state index is 4.53. The summed E-state index contributed by atoms with van der Waals surface area (Å²) in [4.78, 5) is 13.0. The third-order valence-electron chi connectivity index (χ3n) is 3.04. The highest BCUT2D eigenvalue weighted by molar-refractivity contribution is 5.75. The number of fused-ring (bicyclic) bond motifs is 1. The van der Waals surface area contributed by atoms with Gasteiger partial charge in [0.2, 0.25) is 0 Å². The van der Waals surface area contributed by atoms with Crippen molar-refractivity contribution in [2.45, 2.75) is 13.5 Å². The fraction of sp³-hybridized carbons (Fsp3) is 0.133. The molecule has 0 amide bonds. The molecule has 0 saturated heterocycles.